The Morgan fingerprint density at radius 3 is 2.74 bits per heavy atom. The highest BCUT2D eigenvalue weighted by Gasteiger charge is 2.31. The Balaban J connectivity index is 1.30. The highest BCUT2D eigenvalue weighted by atomic mass is 16.2. The van der Waals surface area contributed by atoms with Crippen LogP contribution in [-0.4, -0.2) is 66.3 Å². The molecule has 2 aromatic rings. The first kappa shape index (κ1) is 21.3. The van der Waals surface area contributed by atoms with Crippen LogP contribution in [0.1, 0.15) is 31.2 Å². The lowest BCUT2D eigenvalue weighted by Gasteiger charge is -2.34. The number of hydrogen-bond acceptors (Lipinski definition) is 4. The SMILES string of the molecule is O=C(CC1C(=O)NCCN1Cc1ccc2ccccc2c1)NCCCN1CCCC1=O. The second-order valence-electron chi connectivity index (χ2n) is 8.35. The van der Waals surface area contributed by atoms with Crippen LogP contribution in [-0.2, 0) is 20.9 Å². The van der Waals surface area contributed by atoms with Gasteiger partial charge in [-0.2, -0.15) is 0 Å². The molecule has 7 nitrogen and oxygen atoms in total. The summed E-state index contributed by atoms with van der Waals surface area (Å²) in [6.07, 6.45) is 2.43. The Kier molecular flexibility index (Phi) is 6.82. The van der Waals surface area contributed by atoms with E-state index in [1.165, 1.54) is 10.8 Å². The largest absolute Gasteiger partial charge is 0.356 e. The monoisotopic (exact) mass is 422 g/mol. The number of carbonyl (C=O) groups is 3. The quantitative estimate of drug-likeness (QED) is 0.634. The first-order chi connectivity index (χ1) is 15.1. The number of hydrogen-bond donors (Lipinski definition) is 2. The molecule has 3 amide bonds. The molecule has 7 heteroatoms. The van der Waals surface area contributed by atoms with Crippen LogP contribution >= 0.6 is 0 Å². The summed E-state index contributed by atoms with van der Waals surface area (Å²) in [4.78, 5) is 40.6. The molecule has 4 rings (SSSR count). The van der Waals surface area contributed by atoms with Gasteiger partial charge in [0.1, 0.15) is 0 Å². The van der Waals surface area contributed by atoms with Gasteiger partial charge in [0.15, 0.2) is 0 Å². The second-order valence-corrected chi connectivity index (χ2v) is 8.35. The number of nitrogens with one attached hydrogen (secondary N) is 2. The van der Waals surface area contributed by atoms with Crippen LogP contribution in [0.15, 0.2) is 42.5 Å². The van der Waals surface area contributed by atoms with Crippen molar-refractivity contribution in [3.05, 3.63) is 48.0 Å². The van der Waals surface area contributed by atoms with Crippen LogP contribution in [0.5, 0.6) is 0 Å². The molecule has 0 saturated carbocycles. The van der Waals surface area contributed by atoms with Gasteiger partial charge in [0, 0.05) is 45.7 Å². The molecule has 0 aliphatic carbocycles. The first-order valence-electron chi connectivity index (χ1n) is 11.1. The lowest BCUT2D eigenvalue weighted by molar-refractivity contribution is -0.134. The van der Waals surface area contributed by atoms with Crippen molar-refractivity contribution in [2.75, 3.05) is 32.7 Å². The van der Waals surface area contributed by atoms with Gasteiger partial charge in [-0.25, -0.2) is 0 Å². The van der Waals surface area contributed by atoms with Crippen molar-refractivity contribution in [1.82, 2.24) is 20.4 Å². The number of benzene rings is 2. The minimum absolute atomic E-state index is 0.0927. The van der Waals surface area contributed by atoms with Gasteiger partial charge < -0.3 is 15.5 Å². The lowest BCUT2D eigenvalue weighted by Crippen LogP contribution is -2.56. The topological polar surface area (TPSA) is 81.8 Å². The molecule has 164 valence electrons. The fourth-order valence-corrected chi connectivity index (χ4v) is 4.43. The predicted octanol–water partition coefficient (Wildman–Crippen LogP) is 1.66. The van der Waals surface area contributed by atoms with E-state index in [4.69, 9.17) is 0 Å². The summed E-state index contributed by atoms with van der Waals surface area (Å²) in [5, 5.41) is 8.16. The van der Waals surface area contributed by atoms with Crippen molar-refractivity contribution in [2.24, 2.45) is 0 Å². The van der Waals surface area contributed by atoms with Gasteiger partial charge >= 0.3 is 0 Å². The smallest absolute Gasteiger partial charge is 0.237 e. The summed E-state index contributed by atoms with van der Waals surface area (Å²) in [6.45, 7) is 3.95. The maximum Gasteiger partial charge on any atom is 0.237 e. The number of amides is 3. The third-order valence-electron chi connectivity index (χ3n) is 6.12. The summed E-state index contributed by atoms with van der Waals surface area (Å²) < 4.78 is 0. The minimum atomic E-state index is -0.472. The molecule has 0 aromatic heterocycles. The number of piperazine rings is 1. The summed E-state index contributed by atoms with van der Waals surface area (Å²) in [7, 11) is 0. The van der Waals surface area contributed by atoms with Crippen LogP contribution in [0.25, 0.3) is 10.8 Å². The molecule has 2 fully saturated rings. The van der Waals surface area contributed by atoms with E-state index in [1.54, 1.807) is 0 Å². The van der Waals surface area contributed by atoms with Gasteiger partial charge in [0.2, 0.25) is 17.7 Å². The minimum Gasteiger partial charge on any atom is -0.356 e. The third-order valence-corrected chi connectivity index (χ3v) is 6.12. The van der Waals surface area contributed by atoms with Gasteiger partial charge in [-0.05, 0) is 35.2 Å². The molecule has 2 saturated heterocycles. The van der Waals surface area contributed by atoms with Gasteiger partial charge in [0.05, 0.1) is 12.5 Å². The van der Waals surface area contributed by atoms with Crippen LogP contribution in [0.2, 0.25) is 0 Å². The molecule has 31 heavy (non-hydrogen) atoms. The summed E-state index contributed by atoms with van der Waals surface area (Å²) >= 11 is 0. The van der Waals surface area contributed by atoms with Crippen LogP contribution in [0, 0.1) is 0 Å². The Labute approximate surface area is 182 Å². The molecular formula is C24H30N4O3. The molecular weight excluding hydrogens is 392 g/mol. The van der Waals surface area contributed by atoms with E-state index in [2.05, 4.69) is 45.9 Å². The number of fused-ring (bicyclic) bond motifs is 1. The molecule has 2 N–H and O–H groups in total. The molecule has 1 atom stereocenters. The van der Waals surface area contributed by atoms with E-state index < -0.39 is 6.04 Å². The number of nitrogens with zero attached hydrogens (tertiary/aromatic N) is 2. The number of carbonyl (C=O) groups excluding carboxylic acids is 3. The number of rotatable bonds is 8. The van der Waals surface area contributed by atoms with Gasteiger partial charge in [-0.15, -0.1) is 0 Å². The average molecular weight is 423 g/mol. The average Bonchev–Trinajstić information content (AvgIpc) is 3.18. The van der Waals surface area contributed by atoms with E-state index in [0.29, 0.717) is 39.1 Å². The number of likely N-dealkylation sites (tertiary alicyclic amines) is 1. The third kappa shape index (κ3) is 5.41. The normalized spacial score (nSPS) is 19.6. The highest BCUT2D eigenvalue weighted by molar-refractivity contribution is 5.89. The Bertz CT molecular complexity index is 961. The van der Waals surface area contributed by atoms with Crippen molar-refractivity contribution in [1.29, 1.82) is 0 Å². The highest BCUT2D eigenvalue weighted by Crippen LogP contribution is 2.19. The van der Waals surface area contributed by atoms with Gasteiger partial charge in [-0.3, -0.25) is 19.3 Å². The van der Waals surface area contributed by atoms with Crippen molar-refractivity contribution in [3.8, 4) is 0 Å². The Morgan fingerprint density at radius 1 is 1.10 bits per heavy atom. The van der Waals surface area contributed by atoms with Gasteiger partial charge in [0.25, 0.3) is 0 Å². The fraction of sp³-hybridized carbons (Fsp3) is 0.458. The van der Waals surface area contributed by atoms with E-state index in [0.717, 1.165) is 24.9 Å². The lowest BCUT2D eigenvalue weighted by atomic mass is 10.0. The molecule has 1 unspecified atom stereocenters. The zero-order chi connectivity index (χ0) is 21.6. The van der Waals surface area contributed by atoms with E-state index in [-0.39, 0.29) is 24.1 Å². The summed E-state index contributed by atoms with van der Waals surface area (Å²) in [5.41, 5.74) is 1.13. The fourth-order valence-electron chi connectivity index (χ4n) is 4.43. The zero-order valence-electron chi connectivity index (χ0n) is 17.8. The molecule has 0 bridgehead atoms. The maximum atomic E-state index is 12.5. The molecule has 2 aliphatic heterocycles. The van der Waals surface area contributed by atoms with Crippen molar-refractivity contribution < 1.29 is 14.4 Å². The molecule has 2 heterocycles. The maximum absolute atomic E-state index is 12.5. The van der Waals surface area contributed by atoms with Crippen molar-refractivity contribution in [2.45, 2.75) is 38.3 Å². The first-order valence-corrected chi connectivity index (χ1v) is 11.1. The van der Waals surface area contributed by atoms with E-state index >= 15 is 0 Å². The Morgan fingerprint density at radius 2 is 1.94 bits per heavy atom. The predicted molar refractivity (Wildman–Crippen MR) is 119 cm³/mol. The molecule has 2 aromatic carbocycles. The molecule has 0 radical (unpaired) electrons. The van der Waals surface area contributed by atoms with E-state index in [1.807, 2.05) is 17.0 Å². The van der Waals surface area contributed by atoms with Crippen LogP contribution in [0.3, 0.4) is 0 Å². The molecule has 0 spiro atoms. The molecule has 2 aliphatic rings. The van der Waals surface area contributed by atoms with Crippen molar-refractivity contribution >= 4 is 28.5 Å². The van der Waals surface area contributed by atoms with Crippen LogP contribution < -0.4 is 10.6 Å². The van der Waals surface area contributed by atoms with Crippen LogP contribution in [0.4, 0.5) is 0 Å². The van der Waals surface area contributed by atoms with Crippen molar-refractivity contribution in [3.63, 3.8) is 0 Å². The van der Waals surface area contributed by atoms with Gasteiger partial charge in [-0.1, -0.05) is 36.4 Å². The van der Waals surface area contributed by atoms with E-state index in [9.17, 15) is 14.4 Å². The standard InChI is InChI=1S/C24H30N4O3/c29-22(25-10-4-13-27-12-3-7-23(27)30)16-21-24(31)26-11-14-28(21)17-18-8-9-19-5-1-2-6-20(19)15-18/h1-2,5-6,8-9,15,21H,3-4,7,10-14,16-17H2,(H,25,29)(H,26,31). The summed E-state index contributed by atoms with van der Waals surface area (Å²) in [6, 6.07) is 14.1. The zero-order valence-corrected chi connectivity index (χ0v) is 17.8. The second kappa shape index (κ2) is 9.92. The summed E-state index contributed by atoms with van der Waals surface area (Å²) in [5.74, 6) is -0.0160. The Hall–Kier alpha value is -2.93.